The molecule has 0 amide bonds. The first-order chi connectivity index (χ1) is 8.56. The second kappa shape index (κ2) is 5.63. The third-order valence-electron chi connectivity index (χ3n) is 2.86. The Balaban J connectivity index is 2.18. The highest BCUT2D eigenvalue weighted by Gasteiger charge is 2.11. The van der Waals surface area contributed by atoms with Gasteiger partial charge in [0, 0.05) is 10.9 Å². The fourth-order valence-corrected chi connectivity index (χ4v) is 2.22. The zero-order chi connectivity index (χ0) is 13.1. The van der Waals surface area contributed by atoms with Crippen molar-refractivity contribution in [1.82, 2.24) is 0 Å². The van der Waals surface area contributed by atoms with E-state index in [9.17, 15) is 9.50 Å². The Morgan fingerprint density at radius 3 is 2.67 bits per heavy atom. The number of rotatable bonds is 3. The minimum Gasteiger partial charge on any atom is -0.388 e. The zero-order valence-electron chi connectivity index (χ0n) is 10.0. The molecule has 1 N–H and O–H groups in total. The molecule has 2 aromatic carbocycles. The molecular weight excluding hydrogens is 295 g/mol. The molecule has 18 heavy (non-hydrogen) atoms. The zero-order valence-corrected chi connectivity index (χ0v) is 11.6. The lowest BCUT2D eigenvalue weighted by atomic mass is 10.00. The molecule has 1 nitrogen and oxygen atoms in total. The van der Waals surface area contributed by atoms with E-state index in [1.807, 2.05) is 31.2 Å². The van der Waals surface area contributed by atoms with Crippen LogP contribution in [-0.4, -0.2) is 5.11 Å². The van der Waals surface area contributed by atoms with Gasteiger partial charge in [-0.2, -0.15) is 0 Å². The summed E-state index contributed by atoms with van der Waals surface area (Å²) in [6, 6.07) is 12.5. The fraction of sp³-hybridized carbons (Fsp3) is 0.200. The van der Waals surface area contributed by atoms with E-state index in [4.69, 9.17) is 0 Å². The lowest BCUT2D eigenvalue weighted by Crippen LogP contribution is -2.03. The normalized spacial score (nSPS) is 12.4. The van der Waals surface area contributed by atoms with Crippen molar-refractivity contribution >= 4 is 15.9 Å². The summed E-state index contributed by atoms with van der Waals surface area (Å²) in [5.74, 6) is -0.295. The van der Waals surface area contributed by atoms with E-state index < -0.39 is 6.10 Å². The van der Waals surface area contributed by atoms with E-state index >= 15 is 0 Å². The predicted octanol–water partition coefficient (Wildman–Crippen LogP) is 4.17. The summed E-state index contributed by atoms with van der Waals surface area (Å²) in [4.78, 5) is 0. The molecule has 0 aromatic heterocycles. The van der Waals surface area contributed by atoms with Gasteiger partial charge in [-0.3, -0.25) is 0 Å². The maximum absolute atomic E-state index is 13.7. The van der Waals surface area contributed by atoms with Crippen LogP contribution >= 0.6 is 15.9 Å². The molecule has 0 aliphatic rings. The highest BCUT2D eigenvalue weighted by atomic mass is 79.9. The first-order valence-corrected chi connectivity index (χ1v) is 6.54. The second-order valence-electron chi connectivity index (χ2n) is 4.37. The van der Waals surface area contributed by atoms with Crippen molar-refractivity contribution in [2.75, 3.05) is 0 Å². The van der Waals surface area contributed by atoms with Crippen molar-refractivity contribution < 1.29 is 9.50 Å². The van der Waals surface area contributed by atoms with Crippen LogP contribution in [0, 0.1) is 12.7 Å². The summed E-state index contributed by atoms with van der Waals surface area (Å²) in [6.45, 7) is 1.97. The Labute approximate surface area is 114 Å². The van der Waals surface area contributed by atoms with E-state index in [2.05, 4.69) is 15.9 Å². The number of aliphatic hydroxyl groups excluding tert-OH is 1. The van der Waals surface area contributed by atoms with Gasteiger partial charge in [-0.15, -0.1) is 0 Å². The van der Waals surface area contributed by atoms with Crippen LogP contribution in [0.15, 0.2) is 46.9 Å². The van der Waals surface area contributed by atoms with Gasteiger partial charge in [-0.05, 0) is 30.2 Å². The first kappa shape index (κ1) is 13.2. The molecule has 2 aromatic rings. The van der Waals surface area contributed by atoms with Crippen LogP contribution in [0.3, 0.4) is 0 Å². The summed E-state index contributed by atoms with van der Waals surface area (Å²) >= 11 is 3.21. The standard InChI is InChI=1S/C15H14BrFO/c1-10-3-2-4-12(7-10)15(18)8-11-5-6-13(16)9-14(11)17/h2-7,9,15,18H,8H2,1H3. The largest absolute Gasteiger partial charge is 0.388 e. The van der Waals surface area contributed by atoms with E-state index in [0.717, 1.165) is 11.1 Å². The van der Waals surface area contributed by atoms with Crippen molar-refractivity contribution in [2.45, 2.75) is 19.4 Å². The van der Waals surface area contributed by atoms with Gasteiger partial charge in [-0.1, -0.05) is 51.8 Å². The lowest BCUT2D eigenvalue weighted by molar-refractivity contribution is 0.177. The van der Waals surface area contributed by atoms with Crippen molar-refractivity contribution in [2.24, 2.45) is 0 Å². The molecular formula is C15H14BrFO. The lowest BCUT2D eigenvalue weighted by Gasteiger charge is -2.12. The van der Waals surface area contributed by atoms with Crippen LogP contribution in [-0.2, 0) is 6.42 Å². The Morgan fingerprint density at radius 1 is 1.22 bits per heavy atom. The van der Waals surface area contributed by atoms with Crippen LogP contribution in [0.5, 0.6) is 0 Å². The second-order valence-corrected chi connectivity index (χ2v) is 5.29. The molecule has 2 rings (SSSR count). The average Bonchev–Trinajstić information content (AvgIpc) is 2.32. The molecule has 1 unspecified atom stereocenters. The van der Waals surface area contributed by atoms with Crippen LogP contribution in [0.4, 0.5) is 4.39 Å². The molecule has 0 aliphatic heterocycles. The molecule has 1 atom stereocenters. The van der Waals surface area contributed by atoms with Gasteiger partial charge >= 0.3 is 0 Å². The van der Waals surface area contributed by atoms with Crippen LogP contribution in [0.1, 0.15) is 22.8 Å². The smallest absolute Gasteiger partial charge is 0.127 e. The highest BCUT2D eigenvalue weighted by molar-refractivity contribution is 9.10. The monoisotopic (exact) mass is 308 g/mol. The van der Waals surface area contributed by atoms with Crippen molar-refractivity contribution in [1.29, 1.82) is 0 Å². The van der Waals surface area contributed by atoms with Crippen LogP contribution in [0.2, 0.25) is 0 Å². The minimum absolute atomic E-state index is 0.280. The molecule has 0 heterocycles. The van der Waals surface area contributed by atoms with Crippen LogP contribution < -0.4 is 0 Å². The summed E-state index contributed by atoms with van der Waals surface area (Å²) in [5, 5.41) is 10.1. The van der Waals surface area contributed by atoms with E-state index in [1.54, 1.807) is 12.1 Å². The van der Waals surface area contributed by atoms with Gasteiger partial charge < -0.3 is 5.11 Å². The summed E-state index contributed by atoms with van der Waals surface area (Å²) < 4.78 is 14.4. The average molecular weight is 309 g/mol. The molecule has 94 valence electrons. The SMILES string of the molecule is Cc1cccc(C(O)Cc2ccc(Br)cc2F)c1. The molecule has 0 saturated heterocycles. The quantitative estimate of drug-likeness (QED) is 0.902. The molecule has 3 heteroatoms. The number of benzene rings is 2. The number of aliphatic hydroxyl groups is 1. The van der Waals surface area contributed by atoms with E-state index in [0.29, 0.717) is 10.0 Å². The van der Waals surface area contributed by atoms with Gasteiger partial charge in [-0.25, -0.2) is 4.39 Å². The minimum atomic E-state index is -0.680. The third-order valence-corrected chi connectivity index (χ3v) is 3.35. The van der Waals surface area contributed by atoms with E-state index in [1.165, 1.54) is 6.07 Å². The van der Waals surface area contributed by atoms with Gasteiger partial charge in [0.1, 0.15) is 5.82 Å². The van der Waals surface area contributed by atoms with Gasteiger partial charge in [0.15, 0.2) is 0 Å². The summed E-state index contributed by atoms with van der Waals surface area (Å²) in [6.07, 6.45) is -0.400. The van der Waals surface area contributed by atoms with Crippen molar-refractivity contribution in [3.63, 3.8) is 0 Å². The highest BCUT2D eigenvalue weighted by Crippen LogP contribution is 2.22. The number of hydrogen-bond donors (Lipinski definition) is 1. The molecule has 0 saturated carbocycles. The predicted molar refractivity (Wildman–Crippen MR) is 73.9 cm³/mol. The molecule has 0 aliphatic carbocycles. The first-order valence-electron chi connectivity index (χ1n) is 5.75. The van der Waals surface area contributed by atoms with Gasteiger partial charge in [0.25, 0.3) is 0 Å². The molecule has 0 fully saturated rings. The third kappa shape index (κ3) is 3.18. The van der Waals surface area contributed by atoms with E-state index in [-0.39, 0.29) is 12.2 Å². The molecule has 0 bridgehead atoms. The van der Waals surface area contributed by atoms with Crippen molar-refractivity contribution in [3.05, 3.63) is 69.4 Å². The summed E-state index contributed by atoms with van der Waals surface area (Å²) in [7, 11) is 0. The topological polar surface area (TPSA) is 20.2 Å². The van der Waals surface area contributed by atoms with Crippen molar-refractivity contribution in [3.8, 4) is 0 Å². The maximum atomic E-state index is 13.7. The van der Waals surface area contributed by atoms with Gasteiger partial charge in [0.2, 0.25) is 0 Å². The summed E-state index contributed by atoms with van der Waals surface area (Å²) in [5.41, 5.74) is 2.42. The fourth-order valence-electron chi connectivity index (χ4n) is 1.89. The Hall–Kier alpha value is -1.19. The maximum Gasteiger partial charge on any atom is 0.127 e. The number of halogens is 2. The molecule has 0 radical (unpaired) electrons. The molecule has 0 spiro atoms. The Morgan fingerprint density at radius 2 is 2.00 bits per heavy atom. The Kier molecular flexibility index (Phi) is 4.15. The number of hydrogen-bond acceptors (Lipinski definition) is 1. The number of aryl methyl sites for hydroxylation is 1. The van der Waals surface area contributed by atoms with Crippen LogP contribution in [0.25, 0.3) is 0 Å². The Bertz CT molecular complexity index is 554. The van der Waals surface area contributed by atoms with Gasteiger partial charge in [0.05, 0.1) is 6.10 Å².